The average molecular weight is 540 g/mol. The standard InChI is InChI=1S/C25H18ClN3O7S/c1-34-17-10-11-18-21(12-17)37-24(23(18)26)25(31)36-16-8-6-15(7-9-16)13-27-28-22(30)14-35-20-5-3-2-4-19(20)29(32)33/h2-13H,14H2,1H3,(H,28,30)/b27-13-. The summed E-state index contributed by atoms with van der Waals surface area (Å²) in [5.74, 6) is -0.245. The molecule has 0 aliphatic carbocycles. The maximum atomic E-state index is 12.7. The van der Waals surface area contributed by atoms with Gasteiger partial charge >= 0.3 is 11.7 Å². The van der Waals surface area contributed by atoms with Crippen LogP contribution < -0.4 is 19.6 Å². The molecule has 0 atom stereocenters. The largest absolute Gasteiger partial charge is 0.497 e. The third-order valence-corrected chi connectivity index (χ3v) is 6.57. The van der Waals surface area contributed by atoms with E-state index >= 15 is 0 Å². The second-order valence-corrected chi connectivity index (χ2v) is 8.80. The summed E-state index contributed by atoms with van der Waals surface area (Å²) in [6.45, 7) is -0.454. The van der Waals surface area contributed by atoms with Crippen LogP contribution in [-0.2, 0) is 4.79 Å². The highest BCUT2D eigenvalue weighted by molar-refractivity contribution is 7.21. The van der Waals surface area contributed by atoms with Crippen molar-refractivity contribution in [2.75, 3.05) is 13.7 Å². The second-order valence-electron chi connectivity index (χ2n) is 7.37. The molecule has 1 N–H and O–H groups in total. The van der Waals surface area contributed by atoms with Gasteiger partial charge in [-0.1, -0.05) is 23.7 Å². The topological polar surface area (TPSA) is 129 Å². The summed E-state index contributed by atoms with van der Waals surface area (Å²) in [6.07, 6.45) is 1.38. The van der Waals surface area contributed by atoms with Gasteiger partial charge < -0.3 is 14.2 Å². The fourth-order valence-electron chi connectivity index (χ4n) is 3.16. The number of benzene rings is 3. The summed E-state index contributed by atoms with van der Waals surface area (Å²) in [6, 6.07) is 17.5. The number of nitrogens with zero attached hydrogens (tertiary/aromatic N) is 2. The van der Waals surface area contributed by atoms with Crippen LogP contribution in [0, 0.1) is 10.1 Å². The van der Waals surface area contributed by atoms with Crippen molar-refractivity contribution in [3.63, 3.8) is 0 Å². The Balaban J connectivity index is 1.31. The molecule has 0 unspecified atom stereocenters. The van der Waals surface area contributed by atoms with E-state index in [2.05, 4.69) is 10.5 Å². The Morgan fingerprint density at radius 2 is 1.84 bits per heavy atom. The molecule has 4 rings (SSSR count). The monoisotopic (exact) mass is 539 g/mol. The molecule has 0 aliphatic rings. The molecular weight excluding hydrogens is 522 g/mol. The molecule has 4 aromatic rings. The Hall–Kier alpha value is -4.48. The molecule has 0 spiro atoms. The van der Waals surface area contributed by atoms with Crippen molar-refractivity contribution in [3.8, 4) is 17.2 Å². The van der Waals surface area contributed by atoms with Gasteiger partial charge in [0, 0.05) is 16.2 Å². The number of halogens is 1. The third-order valence-electron chi connectivity index (χ3n) is 4.94. The van der Waals surface area contributed by atoms with E-state index in [1.807, 2.05) is 0 Å². The number of para-hydroxylation sites is 2. The summed E-state index contributed by atoms with van der Waals surface area (Å²) in [7, 11) is 1.56. The molecule has 0 aliphatic heterocycles. The van der Waals surface area contributed by atoms with E-state index in [0.29, 0.717) is 22.1 Å². The highest BCUT2D eigenvalue weighted by Gasteiger charge is 2.20. The number of hydrogen-bond donors (Lipinski definition) is 1. The maximum absolute atomic E-state index is 12.7. The molecule has 1 amide bonds. The first-order valence-corrected chi connectivity index (χ1v) is 11.8. The highest BCUT2D eigenvalue weighted by atomic mass is 35.5. The number of nitro benzene ring substituents is 1. The number of nitrogens with one attached hydrogen (secondary N) is 1. The van der Waals surface area contributed by atoms with Gasteiger partial charge in [0.1, 0.15) is 16.4 Å². The van der Waals surface area contributed by atoms with E-state index in [-0.39, 0.29) is 16.3 Å². The van der Waals surface area contributed by atoms with E-state index in [9.17, 15) is 19.7 Å². The van der Waals surface area contributed by atoms with Crippen LogP contribution in [0.4, 0.5) is 5.69 Å². The number of hydrogen-bond acceptors (Lipinski definition) is 9. The van der Waals surface area contributed by atoms with Gasteiger partial charge in [-0.3, -0.25) is 14.9 Å². The highest BCUT2D eigenvalue weighted by Crippen LogP contribution is 2.37. The van der Waals surface area contributed by atoms with Crippen LogP contribution >= 0.6 is 22.9 Å². The van der Waals surface area contributed by atoms with Crippen LogP contribution in [-0.4, -0.2) is 36.7 Å². The number of rotatable bonds is 9. The van der Waals surface area contributed by atoms with Gasteiger partial charge in [0.2, 0.25) is 0 Å². The number of esters is 1. The van der Waals surface area contributed by atoms with Gasteiger partial charge in [0.25, 0.3) is 5.91 Å². The predicted octanol–water partition coefficient (Wildman–Crippen LogP) is 5.22. The van der Waals surface area contributed by atoms with E-state index < -0.39 is 23.4 Å². The van der Waals surface area contributed by atoms with Gasteiger partial charge in [-0.15, -0.1) is 11.3 Å². The Morgan fingerprint density at radius 3 is 2.57 bits per heavy atom. The lowest BCUT2D eigenvalue weighted by atomic mass is 10.2. The van der Waals surface area contributed by atoms with Crippen molar-refractivity contribution >= 4 is 56.8 Å². The number of carbonyl (C=O) groups excluding carboxylic acids is 2. The average Bonchev–Trinajstić information content (AvgIpc) is 3.24. The number of ether oxygens (including phenoxy) is 3. The Bertz CT molecular complexity index is 1500. The minimum atomic E-state index is -0.599. The molecular formula is C25H18ClN3O7S. The zero-order valence-electron chi connectivity index (χ0n) is 19.2. The van der Waals surface area contributed by atoms with E-state index in [4.69, 9.17) is 25.8 Å². The Morgan fingerprint density at radius 1 is 1.11 bits per heavy atom. The van der Waals surface area contributed by atoms with Crippen LogP contribution in [0.15, 0.2) is 71.8 Å². The van der Waals surface area contributed by atoms with Gasteiger partial charge in [0.15, 0.2) is 12.4 Å². The SMILES string of the molecule is COc1ccc2c(Cl)c(C(=O)Oc3ccc(/C=N\NC(=O)COc4ccccc4[N+](=O)[O-])cc3)sc2c1. The zero-order chi connectivity index (χ0) is 26.4. The van der Waals surface area contributed by atoms with Gasteiger partial charge in [-0.2, -0.15) is 5.10 Å². The first kappa shape index (κ1) is 25.6. The van der Waals surface area contributed by atoms with Crippen LogP contribution in [0.3, 0.4) is 0 Å². The van der Waals surface area contributed by atoms with E-state index in [1.165, 1.54) is 35.8 Å². The van der Waals surface area contributed by atoms with E-state index in [0.717, 1.165) is 10.1 Å². The molecule has 0 fully saturated rings. The van der Waals surface area contributed by atoms with Crippen molar-refractivity contribution in [1.82, 2.24) is 5.43 Å². The smallest absolute Gasteiger partial charge is 0.355 e. The third kappa shape index (κ3) is 6.21. The predicted molar refractivity (Wildman–Crippen MR) is 139 cm³/mol. The lowest BCUT2D eigenvalue weighted by Gasteiger charge is -2.05. The van der Waals surface area contributed by atoms with Crippen LogP contribution in [0.2, 0.25) is 5.02 Å². The molecule has 188 valence electrons. The van der Waals surface area contributed by atoms with Gasteiger partial charge in [-0.25, -0.2) is 10.2 Å². The number of nitro groups is 1. The summed E-state index contributed by atoms with van der Waals surface area (Å²) in [4.78, 5) is 35.3. The fraction of sp³-hybridized carbons (Fsp3) is 0.0800. The van der Waals surface area contributed by atoms with Crippen LogP contribution in [0.1, 0.15) is 15.2 Å². The number of amides is 1. The Labute approximate surface area is 219 Å². The molecule has 0 radical (unpaired) electrons. The summed E-state index contributed by atoms with van der Waals surface area (Å²) in [5, 5.41) is 15.9. The number of methoxy groups -OCH3 is 1. The zero-order valence-corrected chi connectivity index (χ0v) is 20.7. The lowest BCUT2D eigenvalue weighted by Crippen LogP contribution is -2.24. The minimum absolute atomic E-state index is 0.0200. The summed E-state index contributed by atoms with van der Waals surface area (Å²) < 4.78 is 16.7. The molecule has 12 heteroatoms. The van der Waals surface area contributed by atoms with Crippen molar-refractivity contribution in [1.29, 1.82) is 0 Å². The fourth-order valence-corrected chi connectivity index (χ4v) is 4.58. The van der Waals surface area contributed by atoms with Gasteiger partial charge in [-0.05, 0) is 54.1 Å². The summed E-state index contributed by atoms with van der Waals surface area (Å²) >= 11 is 7.59. The number of hydrazone groups is 1. The first-order chi connectivity index (χ1) is 17.9. The number of carbonyl (C=O) groups is 2. The molecule has 0 bridgehead atoms. The van der Waals surface area contributed by atoms with Crippen LogP contribution in [0.25, 0.3) is 10.1 Å². The molecule has 1 aromatic heterocycles. The molecule has 0 saturated carbocycles. The molecule has 1 heterocycles. The minimum Gasteiger partial charge on any atom is -0.497 e. The van der Waals surface area contributed by atoms with Crippen LogP contribution in [0.5, 0.6) is 17.2 Å². The molecule has 0 saturated heterocycles. The molecule has 37 heavy (non-hydrogen) atoms. The first-order valence-electron chi connectivity index (χ1n) is 10.6. The van der Waals surface area contributed by atoms with Crippen molar-refractivity contribution in [3.05, 3.63) is 92.3 Å². The second kappa shape index (κ2) is 11.5. The van der Waals surface area contributed by atoms with Crippen molar-refractivity contribution in [2.24, 2.45) is 5.10 Å². The lowest BCUT2D eigenvalue weighted by molar-refractivity contribution is -0.385. The normalized spacial score (nSPS) is 10.9. The molecule has 3 aromatic carbocycles. The quantitative estimate of drug-likeness (QED) is 0.101. The summed E-state index contributed by atoms with van der Waals surface area (Å²) in [5.41, 5.74) is 2.65. The maximum Gasteiger partial charge on any atom is 0.355 e. The van der Waals surface area contributed by atoms with Crippen molar-refractivity contribution in [2.45, 2.75) is 0 Å². The van der Waals surface area contributed by atoms with Gasteiger partial charge in [0.05, 0.1) is 23.3 Å². The van der Waals surface area contributed by atoms with E-state index in [1.54, 1.807) is 55.6 Å². The number of thiophene rings is 1. The number of fused-ring (bicyclic) bond motifs is 1. The van der Waals surface area contributed by atoms with Crippen molar-refractivity contribution < 1.29 is 28.7 Å². The Kier molecular flexibility index (Phi) is 7.96. The molecule has 10 nitrogen and oxygen atoms in total.